The zero-order chi connectivity index (χ0) is 30.7. The van der Waals surface area contributed by atoms with E-state index in [2.05, 4.69) is 9.47 Å². The Morgan fingerprint density at radius 3 is 1.20 bits per heavy atom. The van der Waals surface area contributed by atoms with Gasteiger partial charge in [-0.2, -0.15) is 43.9 Å². The van der Waals surface area contributed by atoms with Gasteiger partial charge in [0, 0.05) is 12.1 Å². The van der Waals surface area contributed by atoms with Crippen LogP contribution in [0.4, 0.5) is 77.2 Å². The lowest BCUT2D eigenvalue weighted by molar-refractivity contribution is -0.142. The molecule has 0 aliphatic heterocycles. The van der Waals surface area contributed by atoms with E-state index in [0.29, 0.717) is 0 Å². The van der Waals surface area contributed by atoms with E-state index in [-0.39, 0.29) is 12.1 Å². The Morgan fingerprint density at radius 2 is 0.850 bits per heavy atom. The minimum atomic E-state index is -5.92. The molecule has 0 aliphatic carbocycles. The van der Waals surface area contributed by atoms with Crippen LogP contribution in [0.1, 0.15) is 16.7 Å². The SMILES string of the molecule is Nc1cc(Oc2c(F)cc(C(F)(F)F)c(Oc3cc(N)c(F)c(F)c3C(F)(F)F)c2F)c(C(F)(F)F)c(F)c1F. The molecule has 4 N–H and O–H groups in total. The second-order valence-corrected chi connectivity index (χ2v) is 7.51. The summed E-state index contributed by atoms with van der Waals surface area (Å²) in [7, 11) is 0. The van der Waals surface area contributed by atoms with E-state index in [1.807, 2.05) is 0 Å². The molecule has 0 aliphatic rings. The quantitative estimate of drug-likeness (QED) is 0.232. The van der Waals surface area contributed by atoms with Gasteiger partial charge >= 0.3 is 18.5 Å². The van der Waals surface area contributed by atoms with Crippen LogP contribution >= 0.6 is 0 Å². The van der Waals surface area contributed by atoms with Crippen molar-refractivity contribution in [2.45, 2.75) is 18.5 Å². The number of alkyl halides is 9. The van der Waals surface area contributed by atoms with Crippen LogP contribution in [0.5, 0.6) is 23.0 Å². The number of ether oxygens (including phenoxy) is 2. The first kappa shape index (κ1) is 30.4. The number of rotatable bonds is 4. The van der Waals surface area contributed by atoms with E-state index in [0.717, 1.165) is 0 Å². The monoisotopic (exact) mass is 604 g/mol. The zero-order valence-corrected chi connectivity index (χ0v) is 18.4. The van der Waals surface area contributed by atoms with Gasteiger partial charge in [-0.25, -0.2) is 22.0 Å². The van der Waals surface area contributed by atoms with Crippen molar-refractivity contribution in [1.29, 1.82) is 0 Å². The van der Waals surface area contributed by atoms with Crippen molar-refractivity contribution in [1.82, 2.24) is 0 Å². The number of nitrogen functional groups attached to an aromatic ring is 2. The van der Waals surface area contributed by atoms with Crippen LogP contribution in [0.3, 0.4) is 0 Å². The molecular formula is C21H7F15N2O2. The zero-order valence-electron chi connectivity index (χ0n) is 18.4. The first-order valence-electron chi connectivity index (χ1n) is 9.71. The Morgan fingerprint density at radius 1 is 0.475 bits per heavy atom. The Balaban J connectivity index is 2.34. The topological polar surface area (TPSA) is 70.5 Å². The molecule has 0 aromatic heterocycles. The molecule has 0 saturated heterocycles. The average molecular weight is 604 g/mol. The molecule has 0 unspecified atom stereocenters. The molecule has 218 valence electrons. The Kier molecular flexibility index (Phi) is 7.42. The van der Waals surface area contributed by atoms with Gasteiger partial charge in [-0.3, -0.25) is 0 Å². The van der Waals surface area contributed by atoms with E-state index in [1.165, 1.54) is 0 Å². The highest BCUT2D eigenvalue weighted by Gasteiger charge is 2.44. The number of nitrogens with two attached hydrogens (primary N) is 2. The second kappa shape index (κ2) is 9.77. The van der Waals surface area contributed by atoms with E-state index in [9.17, 15) is 61.5 Å². The number of benzene rings is 3. The number of hydrogen-bond donors (Lipinski definition) is 2. The summed E-state index contributed by atoms with van der Waals surface area (Å²) in [6.45, 7) is 0. The predicted molar refractivity (Wildman–Crippen MR) is 103 cm³/mol. The third-order valence-electron chi connectivity index (χ3n) is 4.82. The van der Waals surface area contributed by atoms with Crippen LogP contribution in [0.15, 0.2) is 18.2 Å². The summed E-state index contributed by atoms with van der Waals surface area (Å²) in [5, 5.41) is 0. The van der Waals surface area contributed by atoms with Gasteiger partial charge in [0.05, 0.1) is 11.4 Å². The van der Waals surface area contributed by atoms with Gasteiger partial charge in [-0.1, -0.05) is 0 Å². The van der Waals surface area contributed by atoms with Crippen LogP contribution in [0.25, 0.3) is 0 Å². The summed E-state index contributed by atoms with van der Waals surface area (Å²) in [5.41, 5.74) is -0.977. The highest BCUT2D eigenvalue weighted by atomic mass is 19.4. The summed E-state index contributed by atoms with van der Waals surface area (Å²) in [5.74, 6) is -24.3. The first-order chi connectivity index (χ1) is 18.1. The molecule has 0 radical (unpaired) electrons. The Labute approximate surface area is 210 Å². The second-order valence-electron chi connectivity index (χ2n) is 7.51. The molecule has 3 rings (SSSR count). The van der Waals surface area contributed by atoms with E-state index >= 15 is 4.39 Å². The lowest BCUT2D eigenvalue weighted by atomic mass is 10.1. The fourth-order valence-corrected chi connectivity index (χ4v) is 3.14. The molecule has 0 saturated carbocycles. The van der Waals surface area contributed by atoms with Crippen molar-refractivity contribution >= 4 is 11.4 Å². The van der Waals surface area contributed by atoms with Crippen LogP contribution in [-0.4, -0.2) is 0 Å². The van der Waals surface area contributed by atoms with Crippen molar-refractivity contribution in [2.24, 2.45) is 0 Å². The van der Waals surface area contributed by atoms with Crippen LogP contribution in [0, 0.1) is 34.9 Å². The van der Waals surface area contributed by atoms with Crippen molar-refractivity contribution in [3.63, 3.8) is 0 Å². The summed E-state index contributed by atoms with van der Waals surface area (Å²) in [6, 6.07) is -1.10. The molecule has 3 aromatic rings. The number of anilines is 2. The fraction of sp³-hybridized carbons (Fsp3) is 0.143. The predicted octanol–water partition coefficient (Wildman–Crippen LogP) is 8.33. The third kappa shape index (κ3) is 5.44. The lowest BCUT2D eigenvalue weighted by Crippen LogP contribution is -2.16. The summed E-state index contributed by atoms with van der Waals surface area (Å²) in [4.78, 5) is 0. The Bertz CT molecular complexity index is 1490. The summed E-state index contributed by atoms with van der Waals surface area (Å²) < 4.78 is 214. The van der Waals surface area contributed by atoms with Gasteiger partial charge < -0.3 is 20.9 Å². The summed E-state index contributed by atoms with van der Waals surface area (Å²) >= 11 is 0. The van der Waals surface area contributed by atoms with E-state index in [4.69, 9.17) is 11.5 Å². The molecular weight excluding hydrogens is 597 g/mol. The molecule has 19 heteroatoms. The standard InChI is InChI=1S/C21H7F15N2O2/c22-5-1-4(19(28,29)30)17(39-8-2-6(37)12(23)14(25)10(8)20(31,32)33)16(27)18(5)40-9-3-7(38)13(24)15(26)11(9)21(34,35)36/h1-3H,37-38H2. The number of halogens is 15. The van der Waals surface area contributed by atoms with Crippen LogP contribution in [0.2, 0.25) is 0 Å². The van der Waals surface area contributed by atoms with Gasteiger partial charge in [0.25, 0.3) is 0 Å². The minimum absolute atomic E-state index is 0.157. The normalized spacial score (nSPS) is 12.6. The van der Waals surface area contributed by atoms with Crippen molar-refractivity contribution in [3.05, 3.63) is 69.8 Å². The molecule has 0 amide bonds. The molecule has 0 bridgehead atoms. The van der Waals surface area contributed by atoms with E-state index in [1.54, 1.807) is 0 Å². The average Bonchev–Trinajstić information content (AvgIpc) is 2.77. The summed E-state index contributed by atoms with van der Waals surface area (Å²) in [6.07, 6.45) is -17.7. The molecule has 0 fully saturated rings. The van der Waals surface area contributed by atoms with Gasteiger partial charge in [0.1, 0.15) is 28.2 Å². The molecule has 0 heterocycles. The highest BCUT2D eigenvalue weighted by molar-refractivity contribution is 5.57. The first-order valence-corrected chi connectivity index (χ1v) is 9.71. The van der Waals surface area contributed by atoms with Gasteiger partial charge in [0.15, 0.2) is 34.8 Å². The van der Waals surface area contributed by atoms with E-state index < -0.39 is 111 Å². The lowest BCUT2D eigenvalue weighted by Gasteiger charge is -2.21. The van der Waals surface area contributed by atoms with Crippen molar-refractivity contribution in [2.75, 3.05) is 11.5 Å². The van der Waals surface area contributed by atoms with Crippen LogP contribution < -0.4 is 20.9 Å². The molecule has 3 aromatic carbocycles. The molecule has 0 spiro atoms. The van der Waals surface area contributed by atoms with Gasteiger partial charge in [0.2, 0.25) is 11.6 Å². The smallest absolute Gasteiger partial charge is 0.422 e. The third-order valence-corrected chi connectivity index (χ3v) is 4.82. The Hall–Kier alpha value is -4.19. The van der Waals surface area contributed by atoms with Gasteiger partial charge in [-0.05, 0) is 6.07 Å². The molecule has 0 atom stereocenters. The van der Waals surface area contributed by atoms with Gasteiger partial charge in [-0.15, -0.1) is 0 Å². The fourth-order valence-electron chi connectivity index (χ4n) is 3.14. The van der Waals surface area contributed by atoms with Crippen molar-refractivity contribution in [3.8, 4) is 23.0 Å². The van der Waals surface area contributed by atoms with Crippen LogP contribution in [-0.2, 0) is 18.5 Å². The molecule has 4 nitrogen and oxygen atoms in total. The highest BCUT2D eigenvalue weighted by Crippen LogP contribution is 2.49. The maximum Gasteiger partial charge on any atom is 0.422 e. The minimum Gasteiger partial charge on any atom is -0.453 e. The number of hydrogen-bond acceptors (Lipinski definition) is 4. The molecule has 40 heavy (non-hydrogen) atoms. The largest absolute Gasteiger partial charge is 0.453 e. The maximum atomic E-state index is 15.2. The van der Waals surface area contributed by atoms with Crippen molar-refractivity contribution < 1.29 is 75.3 Å². The maximum absolute atomic E-state index is 15.2.